The second-order valence-corrected chi connectivity index (χ2v) is 4.35. The van der Waals surface area contributed by atoms with E-state index in [-0.39, 0.29) is 12.3 Å². The van der Waals surface area contributed by atoms with Gasteiger partial charge in [0, 0.05) is 39.9 Å². The van der Waals surface area contributed by atoms with Crippen LogP contribution in [-0.4, -0.2) is 55.4 Å². The molecule has 0 aromatic heterocycles. The van der Waals surface area contributed by atoms with Crippen molar-refractivity contribution in [3.8, 4) is 0 Å². The summed E-state index contributed by atoms with van der Waals surface area (Å²) < 4.78 is 5.01. The van der Waals surface area contributed by atoms with Crippen molar-refractivity contribution in [1.29, 1.82) is 0 Å². The summed E-state index contributed by atoms with van der Waals surface area (Å²) in [6, 6.07) is 5.10. The van der Waals surface area contributed by atoms with Crippen molar-refractivity contribution in [3.05, 3.63) is 33.9 Å². The molecule has 0 fully saturated rings. The lowest BCUT2D eigenvalue weighted by Gasteiger charge is -2.21. The van der Waals surface area contributed by atoms with Crippen molar-refractivity contribution >= 4 is 11.4 Å². The molecule has 0 heterocycles. The molecule has 0 radical (unpaired) electrons. The van der Waals surface area contributed by atoms with Gasteiger partial charge in [-0.1, -0.05) is 6.07 Å². The summed E-state index contributed by atoms with van der Waals surface area (Å²) in [5.74, 6) is 0. The molecular formula is C13H21N3O4. The normalized spacial score (nSPS) is 10.8. The second kappa shape index (κ2) is 8.47. The van der Waals surface area contributed by atoms with Crippen LogP contribution in [0.5, 0.6) is 0 Å². The van der Waals surface area contributed by atoms with Crippen LogP contribution < -0.4 is 5.32 Å². The quantitative estimate of drug-likeness (QED) is 0.521. The molecule has 2 N–H and O–H groups in total. The van der Waals surface area contributed by atoms with E-state index in [1.54, 1.807) is 26.3 Å². The van der Waals surface area contributed by atoms with Crippen LogP contribution in [-0.2, 0) is 11.3 Å². The van der Waals surface area contributed by atoms with E-state index in [2.05, 4.69) is 5.32 Å². The number of nitrogens with zero attached hydrogens (tertiary/aromatic N) is 2. The average Bonchev–Trinajstić information content (AvgIpc) is 2.44. The van der Waals surface area contributed by atoms with Gasteiger partial charge in [-0.15, -0.1) is 0 Å². The van der Waals surface area contributed by atoms with E-state index in [1.165, 1.54) is 0 Å². The van der Waals surface area contributed by atoms with Gasteiger partial charge in [0.15, 0.2) is 0 Å². The summed E-state index contributed by atoms with van der Waals surface area (Å²) >= 11 is 0. The van der Waals surface area contributed by atoms with Gasteiger partial charge >= 0.3 is 0 Å². The van der Waals surface area contributed by atoms with Gasteiger partial charge in [-0.3, -0.25) is 15.0 Å². The molecule has 7 nitrogen and oxygen atoms in total. The lowest BCUT2D eigenvalue weighted by atomic mass is 10.1. The Morgan fingerprint density at radius 3 is 2.75 bits per heavy atom. The molecule has 0 spiro atoms. The zero-order valence-electron chi connectivity index (χ0n) is 11.8. The zero-order chi connectivity index (χ0) is 15.0. The first-order valence-corrected chi connectivity index (χ1v) is 6.39. The highest BCUT2D eigenvalue weighted by Crippen LogP contribution is 2.25. The molecule has 1 aromatic carbocycles. The molecule has 0 atom stereocenters. The van der Waals surface area contributed by atoms with Crippen molar-refractivity contribution in [1.82, 2.24) is 4.90 Å². The number of aliphatic hydroxyl groups excluding tert-OH is 1. The van der Waals surface area contributed by atoms with Crippen molar-refractivity contribution in [3.63, 3.8) is 0 Å². The molecule has 7 heteroatoms. The van der Waals surface area contributed by atoms with E-state index in [0.29, 0.717) is 31.9 Å². The fraction of sp³-hybridized carbons (Fsp3) is 0.538. The van der Waals surface area contributed by atoms with Crippen molar-refractivity contribution < 1.29 is 14.8 Å². The van der Waals surface area contributed by atoms with Crippen LogP contribution in [0.25, 0.3) is 0 Å². The average molecular weight is 283 g/mol. The molecule has 0 aliphatic carbocycles. The number of hydrogen-bond donors (Lipinski definition) is 2. The Morgan fingerprint density at radius 2 is 2.20 bits per heavy atom. The maximum atomic E-state index is 11.0. The number of hydrogen-bond acceptors (Lipinski definition) is 6. The largest absolute Gasteiger partial charge is 0.395 e. The van der Waals surface area contributed by atoms with Gasteiger partial charge in [-0.2, -0.15) is 0 Å². The van der Waals surface area contributed by atoms with Crippen molar-refractivity contribution in [2.45, 2.75) is 6.54 Å². The van der Waals surface area contributed by atoms with Crippen LogP contribution in [0.2, 0.25) is 0 Å². The maximum absolute atomic E-state index is 11.0. The van der Waals surface area contributed by atoms with E-state index >= 15 is 0 Å². The van der Waals surface area contributed by atoms with E-state index in [9.17, 15) is 10.1 Å². The number of nitro benzene ring substituents is 1. The fourth-order valence-electron chi connectivity index (χ4n) is 1.93. The van der Waals surface area contributed by atoms with E-state index in [0.717, 1.165) is 5.56 Å². The first-order valence-electron chi connectivity index (χ1n) is 6.39. The van der Waals surface area contributed by atoms with Crippen molar-refractivity contribution in [2.75, 3.05) is 45.8 Å². The van der Waals surface area contributed by atoms with Gasteiger partial charge in [-0.05, 0) is 11.6 Å². The highest BCUT2D eigenvalue weighted by Gasteiger charge is 2.14. The zero-order valence-corrected chi connectivity index (χ0v) is 11.8. The molecule has 0 bridgehead atoms. The van der Waals surface area contributed by atoms with Crippen LogP contribution in [0.4, 0.5) is 11.4 Å². The van der Waals surface area contributed by atoms with Crippen LogP contribution in [0, 0.1) is 10.1 Å². The smallest absolute Gasteiger partial charge is 0.292 e. The molecular weight excluding hydrogens is 262 g/mol. The molecule has 0 aliphatic heterocycles. The third-order valence-electron chi connectivity index (χ3n) is 2.96. The van der Waals surface area contributed by atoms with Gasteiger partial charge in [0.05, 0.1) is 18.1 Å². The minimum Gasteiger partial charge on any atom is -0.395 e. The molecule has 0 saturated heterocycles. The number of rotatable bonds is 9. The third-order valence-corrected chi connectivity index (χ3v) is 2.96. The third kappa shape index (κ3) is 4.76. The maximum Gasteiger partial charge on any atom is 0.292 e. The fourth-order valence-corrected chi connectivity index (χ4v) is 1.93. The Morgan fingerprint density at radius 1 is 1.45 bits per heavy atom. The Balaban J connectivity index is 2.84. The first-order chi connectivity index (χ1) is 9.62. The van der Waals surface area contributed by atoms with Gasteiger partial charge < -0.3 is 15.2 Å². The van der Waals surface area contributed by atoms with Crippen LogP contribution in [0.1, 0.15) is 5.56 Å². The molecule has 0 saturated carbocycles. The lowest BCUT2D eigenvalue weighted by Crippen LogP contribution is -2.29. The van der Waals surface area contributed by atoms with Crippen LogP contribution in [0.3, 0.4) is 0 Å². The van der Waals surface area contributed by atoms with E-state index < -0.39 is 4.92 Å². The summed E-state index contributed by atoms with van der Waals surface area (Å²) in [5.41, 5.74) is 1.38. The summed E-state index contributed by atoms with van der Waals surface area (Å²) in [7, 11) is 3.27. The summed E-state index contributed by atoms with van der Waals surface area (Å²) in [6.45, 7) is 2.30. The number of ether oxygens (including phenoxy) is 1. The highest BCUT2D eigenvalue weighted by molar-refractivity contribution is 5.62. The summed E-state index contributed by atoms with van der Waals surface area (Å²) in [6.07, 6.45) is 0. The van der Waals surface area contributed by atoms with E-state index in [1.807, 2.05) is 11.0 Å². The summed E-state index contributed by atoms with van der Waals surface area (Å²) in [5, 5.41) is 22.8. The number of nitro groups is 1. The Hall–Kier alpha value is -1.70. The second-order valence-electron chi connectivity index (χ2n) is 4.35. The molecule has 0 amide bonds. The lowest BCUT2D eigenvalue weighted by molar-refractivity contribution is -0.384. The SMILES string of the molecule is CNc1ccc(CN(CCO)CCOC)cc1[N+](=O)[O-]. The van der Waals surface area contributed by atoms with Crippen LogP contribution >= 0.6 is 0 Å². The first kappa shape index (κ1) is 16.4. The monoisotopic (exact) mass is 283 g/mol. The van der Waals surface area contributed by atoms with Gasteiger partial charge in [-0.25, -0.2) is 0 Å². The molecule has 20 heavy (non-hydrogen) atoms. The predicted octanol–water partition coefficient (Wildman–Crippen LogP) is 1.08. The minimum atomic E-state index is -0.402. The Bertz CT molecular complexity index is 440. The number of nitrogens with one attached hydrogen (secondary N) is 1. The Kier molecular flexibility index (Phi) is 6.92. The topological polar surface area (TPSA) is 87.9 Å². The molecule has 1 rings (SSSR count). The molecule has 1 aromatic rings. The van der Waals surface area contributed by atoms with Crippen LogP contribution in [0.15, 0.2) is 18.2 Å². The van der Waals surface area contributed by atoms with Crippen molar-refractivity contribution in [2.24, 2.45) is 0 Å². The minimum absolute atomic E-state index is 0.0421. The van der Waals surface area contributed by atoms with Gasteiger partial charge in [0.1, 0.15) is 5.69 Å². The Labute approximate surface area is 118 Å². The molecule has 0 aliphatic rings. The number of benzene rings is 1. The highest BCUT2D eigenvalue weighted by atomic mass is 16.6. The predicted molar refractivity (Wildman–Crippen MR) is 76.9 cm³/mol. The van der Waals surface area contributed by atoms with Gasteiger partial charge in [0.2, 0.25) is 0 Å². The number of aliphatic hydroxyl groups is 1. The van der Waals surface area contributed by atoms with Gasteiger partial charge in [0.25, 0.3) is 5.69 Å². The summed E-state index contributed by atoms with van der Waals surface area (Å²) in [4.78, 5) is 12.6. The number of methoxy groups -OCH3 is 1. The standard InChI is InChI=1S/C13H21N3O4/c1-14-12-4-3-11(9-13(12)16(18)19)10-15(5-7-17)6-8-20-2/h3-4,9,14,17H,5-8,10H2,1-2H3. The molecule has 112 valence electrons. The van der Waals surface area contributed by atoms with E-state index in [4.69, 9.17) is 9.84 Å². The number of anilines is 1. The molecule has 0 unspecified atom stereocenters.